The molecular formula is C41H69N11O12. The highest BCUT2D eigenvalue weighted by atomic mass is 16.6. The summed E-state index contributed by atoms with van der Waals surface area (Å²) >= 11 is 0. The maximum Gasteiger partial charge on any atom is 0.408 e. The highest BCUT2D eigenvalue weighted by Gasteiger charge is 2.43. The maximum absolute atomic E-state index is 14.0. The molecule has 2 atom stereocenters. The van der Waals surface area contributed by atoms with Crippen LogP contribution in [0.3, 0.4) is 0 Å². The molecule has 360 valence electrons. The van der Waals surface area contributed by atoms with Gasteiger partial charge in [0.25, 0.3) is 0 Å². The van der Waals surface area contributed by atoms with E-state index in [9.17, 15) is 43.2 Å². The number of alkyl carbamates (subject to hydrolysis) is 1. The molecule has 1 aliphatic heterocycles. The second-order valence-electron chi connectivity index (χ2n) is 19.9. The summed E-state index contributed by atoms with van der Waals surface area (Å²) in [4.78, 5) is 120. The summed E-state index contributed by atoms with van der Waals surface area (Å²) in [7, 11) is 1.16. The van der Waals surface area contributed by atoms with Crippen molar-refractivity contribution in [3.8, 4) is 0 Å². The van der Waals surface area contributed by atoms with Gasteiger partial charge in [0.15, 0.2) is 0 Å². The van der Waals surface area contributed by atoms with Crippen LogP contribution in [0.1, 0.15) is 122 Å². The molecule has 1 unspecified atom stereocenters. The lowest BCUT2D eigenvalue weighted by atomic mass is 9.96. The van der Waals surface area contributed by atoms with Crippen LogP contribution in [0.4, 0.5) is 4.79 Å². The Hall–Kier alpha value is -5.87. The Morgan fingerprint density at radius 3 is 1.83 bits per heavy atom. The van der Waals surface area contributed by atoms with Crippen molar-refractivity contribution in [1.82, 2.24) is 57.5 Å². The van der Waals surface area contributed by atoms with Crippen molar-refractivity contribution in [1.29, 1.82) is 0 Å². The van der Waals surface area contributed by atoms with E-state index in [1.54, 1.807) is 27.0 Å². The topological polar surface area (TPSA) is 308 Å². The molecule has 64 heavy (non-hydrogen) atoms. The number of esters is 1. The Bertz CT molecular complexity index is 1950. The summed E-state index contributed by atoms with van der Waals surface area (Å²) in [6, 6.07) is -2.64. The lowest BCUT2D eigenvalue weighted by molar-refractivity contribution is -0.150. The highest BCUT2D eigenvalue weighted by Crippen LogP contribution is 2.16. The molecule has 1 aliphatic rings. The van der Waals surface area contributed by atoms with Crippen LogP contribution >= 0.6 is 0 Å². The SMILES string of the molecule is COC(=O)C(C)(C)NC(=O)C1COCc2cn(nn2)CCC[C@H](NC(=O)C(C)(C)NC(=O)C(C)(C)NC(=O)C(C)(C)NC(=O)OC(C)(C)C)C(=O)NC(C)(C)C(=O)NC(C)(C)C(=O)N1. The second-order valence-corrected chi connectivity index (χ2v) is 19.9. The Kier molecular flexibility index (Phi) is 17.2. The zero-order chi connectivity index (χ0) is 49.4. The van der Waals surface area contributed by atoms with Crippen molar-refractivity contribution in [2.45, 2.75) is 181 Å². The monoisotopic (exact) mass is 908 g/mol. The fraction of sp³-hybridized carbons (Fsp3) is 0.732. The third-order valence-corrected chi connectivity index (χ3v) is 9.74. The quantitative estimate of drug-likeness (QED) is 0.138. The third kappa shape index (κ3) is 15.7. The minimum atomic E-state index is -1.69. The molecular weight excluding hydrogens is 839 g/mol. The number of aromatic nitrogens is 3. The van der Waals surface area contributed by atoms with Gasteiger partial charge in [-0.25, -0.2) is 9.59 Å². The van der Waals surface area contributed by atoms with Crippen LogP contribution in [0.2, 0.25) is 0 Å². The molecule has 0 radical (unpaired) electrons. The van der Waals surface area contributed by atoms with Crippen LogP contribution in [0, 0.1) is 0 Å². The first-order valence-electron chi connectivity index (χ1n) is 20.7. The molecule has 23 nitrogen and oxygen atoms in total. The lowest BCUT2D eigenvalue weighted by Gasteiger charge is -2.36. The van der Waals surface area contributed by atoms with Gasteiger partial charge in [-0.2, -0.15) is 0 Å². The number of carbonyl (C=O) groups excluding carboxylic acids is 9. The van der Waals surface area contributed by atoms with E-state index < -0.39 is 104 Å². The number of ether oxygens (including phenoxy) is 3. The molecule has 23 heteroatoms. The first-order valence-corrected chi connectivity index (χ1v) is 20.7. The smallest absolute Gasteiger partial charge is 0.408 e. The lowest BCUT2D eigenvalue weighted by Crippen LogP contribution is -2.67. The number of methoxy groups -OCH3 is 1. The van der Waals surface area contributed by atoms with Crippen LogP contribution in [-0.2, 0) is 65.7 Å². The number of hydrogen-bond acceptors (Lipinski definition) is 14. The molecule has 0 spiro atoms. The van der Waals surface area contributed by atoms with Crippen LogP contribution in [0.5, 0.6) is 0 Å². The zero-order valence-electron chi connectivity index (χ0n) is 40.0. The average molecular weight is 908 g/mol. The number of fused-ring (bicyclic) bond motifs is 2. The molecule has 0 fully saturated rings. The largest absolute Gasteiger partial charge is 0.467 e. The summed E-state index contributed by atoms with van der Waals surface area (Å²) < 4.78 is 17.2. The number of aryl methyl sites for hydroxylation is 1. The molecule has 8 amide bonds. The molecule has 1 aromatic heterocycles. The van der Waals surface area contributed by atoms with Gasteiger partial charge in [-0.15, -0.1) is 5.10 Å². The van der Waals surface area contributed by atoms with Crippen molar-refractivity contribution in [2.75, 3.05) is 13.7 Å². The molecule has 0 aromatic carbocycles. The fourth-order valence-electron chi connectivity index (χ4n) is 5.64. The van der Waals surface area contributed by atoms with Crippen LogP contribution in [0.25, 0.3) is 0 Å². The van der Waals surface area contributed by atoms with Crippen molar-refractivity contribution < 1.29 is 57.4 Å². The van der Waals surface area contributed by atoms with Gasteiger partial charge in [-0.3, -0.25) is 38.2 Å². The number of nitrogens with zero attached hydrogens (tertiary/aromatic N) is 3. The van der Waals surface area contributed by atoms with E-state index in [2.05, 4.69) is 52.8 Å². The van der Waals surface area contributed by atoms with E-state index >= 15 is 0 Å². The fourth-order valence-corrected chi connectivity index (χ4v) is 5.64. The van der Waals surface area contributed by atoms with Gasteiger partial charge in [0, 0.05) is 6.54 Å². The molecule has 8 N–H and O–H groups in total. The molecule has 2 heterocycles. The van der Waals surface area contributed by atoms with Gasteiger partial charge in [0.2, 0.25) is 41.4 Å². The average Bonchev–Trinajstić information content (AvgIpc) is 3.58. The number of rotatable bonds is 10. The summed E-state index contributed by atoms with van der Waals surface area (Å²) in [5, 5.41) is 28.9. The number of carbonyl (C=O) groups is 9. The van der Waals surface area contributed by atoms with Gasteiger partial charge in [-0.05, 0) is 117 Å². The molecule has 0 saturated carbocycles. The molecule has 0 saturated heterocycles. The van der Waals surface area contributed by atoms with Gasteiger partial charge in [-0.1, -0.05) is 5.21 Å². The Morgan fingerprint density at radius 1 is 0.750 bits per heavy atom. The summed E-state index contributed by atoms with van der Waals surface area (Å²) in [6.45, 7) is 21.5. The van der Waals surface area contributed by atoms with E-state index in [0.717, 1.165) is 7.11 Å². The minimum absolute atomic E-state index is 0.0128. The van der Waals surface area contributed by atoms with E-state index in [1.165, 1.54) is 87.8 Å². The van der Waals surface area contributed by atoms with E-state index in [4.69, 9.17) is 14.2 Å². The maximum atomic E-state index is 14.0. The zero-order valence-corrected chi connectivity index (χ0v) is 40.0. The number of nitrogens with one attached hydrogen (secondary N) is 8. The highest BCUT2D eigenvalue weighted by molar-refractivity contribution is 6.01. The van der Waals surface area contributed by atoms with Crippen molar-refractivity contribution in [3.63, 3.8) is 0 Å². The van der Waals surface area contributed by atoms with Crippen LogP contribution in [0.15, 0.2) is 6.20 Å². The first kappa shape index (κ1) is 54.3. The van der Waals surface area contributed by atoms with Crippen LogP contribution < -0.4 is 42.5 Å². The Morgan fingerprint density at radius 2 is 1.28 bits per heavy atom. The molecule has 2 rings (SSSR count). The predicted molar refractivity (Wildman–Crippen MR) is 229 cm³/mol. The normalized spacial score (nSPS) is 19.3. The molecule has 0 aliphatic carbocycles. The van der Waals surface area contributed by atoms with Gasteiger partial charge >= 0.3 is 12.1 Å². The Balaban J connectivity index is 2.34. The number of hydrogen-bond donors (Lipinski definition) is 8. The van der Waals surface area contributed by atoms with Crippen molar-refractivity contribution >= 4 is 53.4 Å². The predicted octanol–water partition coefficient (Wildman–Crippen LogP) is -0.492. The number of amides is 8. The Labute approximate surface area is 374 Å². The summed E-state index contributed by atoms with van der Waals surface area (Å²) in [5.74, 6) is -6.20. The summed E-state index contributed by atoms with van der Waals surface area (Å²) in [5.41, 5.74) is -10.1. The van der Waals surface area contributed by atoms with Gasteiger partial charge in [0.1, 0.15) is 56.6 Å². The molecule has 1 aromatic rings. The molecule has 2 bridgehead atoms. The van der Waals surface area contributed by atoms with E-state index in [1.807, 2.05) is 0 Å². The standard InChI is InChI=1S/C41H69N11O12/c1-35(2,3)64-34(61)49-40(12,13)32(59)48-39(10,11)31(58)47-36(4,5)28(55)42-24-18-17-19-52-20-23(50-51-52)21-63-22-25(27(54)45-41(14,15)33(60)62-16)43-29(56)37(6,7)46-30(57)38(8,9)44-26(24)53/h20,24-25H,17-19,21-22H2,1-16H3,(H,42,55)(H,43,56)(H,44,53)(H,45,54)(H,46,57)(H,47,58)(H,48,59)(H,49,61)/t24-,25?/m0/s1. The van der Waals surface area contributed by atoms with Crippen LogP contribution in [-0.4, -0.2) is 133 Å². The van der Waals surface area contributed by atoms with E-state index in [-0.39, 0.29) is 32.6 Å². The third-order valence-electron chi connectivity index (χ3n) is 9.74. The van der Waals surface area contributed by atoms with Crippen molar-refractivity contribution in [2.24, 2.45) is 0 Å². The van der Waals surface area contributed by atoms with Gasteiger partial charge < -0.3 is 56.7 Å². The van der Waals surface area contributed by atoms with Crippen molar-refractivity contribution in [3.05, 3.63) is 11.9 Å². The van der Waals surface area contributed by atoms with E-state index in [0.29, 0.717) is 5.69 Å². The first-order chi connectivity index (χ1) is 28.9. The minimum Gasteiger partial charge on any atom is -0.467 e. The second kappa shape index (κ2) is 20.3. The summed E-state index contributed by atoms with van der Waals surface area (Å²) in [6.07, 6.45) is 0.984. The van der Waals surface area contributed by atoms with Gasteiger partial charge in [0.05, 0.1) is 26.5 Å².